The first-order chi connectivity index (χ1) is 7.59. The van der Waals surface area contributed by atoms with E-state index in [1.54, 1.807) is 31.1 Å². The summed E-state index contributed by atoms with van der Waals surface area (Å²) in [6.07, 6.45) is 1.13. The lowest BCUT2D eigenvalue weighted by molar-refractivity contribution is -0.128. The molecule has 0 saturated carbocycles. The maximum absolute atomic E-state index is 12.6. The lowest BCUT2D eigenvalue weighted by Crippen LogP contribution is -2.21. The Bertz CT molecular complexity index is 335. The Labute approximate surface area is 94.8 Å². The number of hydrogen-bond acceptors (Lipinski definition) is 2. The van der Waals surface area contributed by atoms with Crippen LogP contribution in [0.25, 0.3) is 0 Å². The molecule has 88 valence electrons. The van der Waals surface area contributed by atoms with Crippen LogP contribution in [-0.4, -0.2) is 31.5 Å². The van der Waals surface area contributed by atoms with Crippen molar-refractivity contribution in [2.45, 2.75) is 12.8 Å². The van der Waals surface area contributed by atoms with Gasteiger partial charge in [-0.3, -0.25) is 4.79 Å². The number of hydrogen-bond donors (Lipinski definition) is 0. The van der Waals surface area contributed by atoms with Crippen molar-refractivity contribution in [3.8, 4) is 5.75 Å². The molecule has 0 fully saturated rings. The molecule has 0 spiro atoms. The molecular formula is C12H16FNO2. The van der Waals surface area contributed by atoms with E-state index in [1.807, 2.05) is 0 Å². The highest BCUT2D eigenvalue weighted by molar-refractivity contribution is 5.75. The molecule has 0 aromatic heterocycles. The molecule has 0 heterocycles. The molecule has 0 bridgehead atoms. The predicted octanol–water partition coefficient (Wildman–Crippen LogP) is 2.07. The molecule has 0 unspecified atom stereocenters. The van der Waals surface area contributed by atoms with Gasteiger partial charge in [-0.1, -0.05) is 0 Å². The van der Waals surface area contributed by atoms with Crippen molar-refractivity contribution < 1.29 is 13.9 Å². The molecular weight excluding hydrogens is 209 g/mol. The molecule has 16 heavy (non-hydrogen) atoms. The number of rotatable bonds is 5. The van der Waals surface area contributed by atoms with E-state index in [0.29, 0.717) is 25.2 Å². The smallest absolute Gasteiger partial charge is 0.222 e. The van der Waals surface area contributed by atoms with Crippen LogP contribution in [0.15, 0.2) is 24.3 Å². The molecule has 1 amide bonds. The Morgan fingerprint density at radius 2 is 1.94 bits per heavy atom. The Kier molecular flexibility index (Phi) is 4.76. The highest BCUT2D eigenvalue weighted by atomic mass is 19.1. The summed E-state index contributed by atoms with van der Waals surface area (Å²) < 4.78 is 17.9. The topological polar surface area (TPSA) is 29.5 Å². The van der Waals surface area contributed by atoms with E-state index in [2.05, 4.69) is 0 Å². The van der Waals surface area contributed by atoms with Crippen molar-refractivity contribution in [3.05, 3.63) is 30.1 Å². The highest BCUT2D eigenvalue weighted by Gasteiger charge is 2.03. The zero-order valence-corrected chi connectivity index (χ0v) is 9.57. The van der Waals surface area contributed by atoms with Gasteiger partial charge in [0.05, 0.1) is 6.61 Å². The van der Waals surface area contributed by atoms with Gasteiger partial charge in [0.25, 0.3) is 0 Å². The van der Waals surface area contributed by atoms with E-state index in [9.17, 15) is 9.18 Å². The fraction of sp³-hybridized carbons (Fsp3) is 0.417. The lowest BCUT2D eigenvalue weighted by Gasteiger charge is -2.10. The van der Waals surface area contributed by atoms with Gasteiger partial charge in [0.1, 0.15) is 11.6 Å². The Balaban J connectivity index is 2.21. The van der Waals surface area contributed by atoms with Gasteiger partial charge in [-0.2, -0.15) is 0 Å². The number of nitrogens with zero attached hydrogens (tertiary/aromatic N) is 1. The average molecular weight is 225 g/mol. The minimum absolute atomic E-state index is 0.0858. The first-order valence-corrected chi connectivity index (χ1v) is 5.18. The summed E-state index contributed by atoms with van der Waals surface area (Å²) in [5.74, 6) is 0.427. The van der Waals surface area contributed by atoms with Gasteiger partial charge in [0.2, 0.25) is 5.91 Å². The van der Waals surface area contributed by atoms with E-state index in [1.165, 1.54) is 12.1 Å². The summed E-state index contributed by atoms with van der Waals surface area (Å²) in [6, 6.07) is 5.84. The van der Waals surface area contributed by atoms with Crippen LogP contribution >= 0.6 is 0 Å². The number of ether oxygens (including phenoxy) is 1. The van der Waals surface area contributed by atoms with Crippen LogP contribution < -0.4 is 4.74 Å². The van der Waals surface area contributed by atoms with Crippen LogP contribution in [0.1, 0.15) is 12.8 Å². The second-order valence-corrected chi connectivity index (χ2v) is 3.69. The molecule has 3 nitrogen and oxygen atoms in total. The minimum atomic E-state index is -0.282. The first-order valence-electron chi connectivity index (χ1n) is 5.18. The summed E-state index contributed by atoms with van der Waals surface area (Å²) in [5, 5.41) is 0. The van der Waals surface area contributed by atoms with Gasteiger partial charge in [-0.05, 0) is 30.7 Å². The number of benzene rings is 1. The molecule has 1 aromatic rings. The molecule has 0 aliphatic heterocycles. The van der Waals surface area contributed by atoms with Crippen LogP contribution in [0.2, 0.25) is 0 Å². The van der Waals surface area contributed by atoms with Crippen molar-refractivity contribution in [2.24, 2.45) is 0 Å². The largest absolute Gasteiger partial charge is 0.494 e. The van der Waals surface area contributed by atoms with Crippen LogP contribution in [0.3, 0.4) is 0 Å². The monoisotopic (exact) mass is 225 g/mol. The van der Waals surface area contributed by atoms with Crippen LogP contribution in [-0.2, 0) is 4.79 Å². The number of halogens is 1. The van der Waals surface area contributed by atoms with Crippen molar-refractivity contribution >= 4 is 5.91 Å². The molecule has 4 heteroatoms. The molecule has 0 aliphatic rings. The summed E-state index contributed by atoms with van der Waals surface area (Å²) in [6.45, 7) is 0.464. The maximum atomic E-state index is 12.6. The lowest BCUT2D eigenvalue weighted by atomic mass is 10.3. The van der Waals surface area contributed by atoms with E-state index in [0.717, 1.165) is 0 Å². The van der Waals surface area contributed by atoms with Crippen molar-refractivity contribution in [2.75, 3.05) is 20.7 Å². The van der Waals surface area contributed by atoms with Gasteiger partial charge < -0.3 is 9.64 Å². The van der Waals surface area contributed by atoms with Gasteiger partial charge in [0.15, 0.2) is 0 Å². The van der Waals surface area contributed by atoms with Gasteiger partial charge >= 0.3 is 0 Å². The van der Waals surface area contributed by atoms with E-state index in [4.69, 9.17) is 4.74 Å². The standard InChI is InChI=1S/C12H16FNO2/c1-14(2)12(15)4-3-9-16-11-7-5-10(13)6-8-11/h5-8H,3-4,9H2,1-2H3. The van der Waals surface area contributed by atoms with E-state index >= 15 is 0 Å². The predicted molar refractivity (Wildman–Crippen MR) is 59.8 cm³/mol. The van der Waals surface area contributed by atoms with Gasteiger partial charge in [-0.15, -0.1) is 0 Å². The number of carbonyl (C=O) groups is 1. The van der Waals surface area contributed by atoms with Gasteiger partial charge in [0, 0.05) is 20.5 Å². The molecule has 1 rings (SSSR count). The number of amides is 1. The third-order valence-corrected chi connectivity index (χ3v) is 2.12. The second kappa shape index (κ2) is 6.10. The third kappa shape index (κ3) is 4.29. The minimum Gasteiger partial charge on any atom is -0.494 e. The maximum Gasteiger partial charge on any atom is 0.222 e. The summed E-state index contributed by atoms with van der Waals surface area (Å²) in [7, 11) is 3.45. The van der Waals surface area contributed by atoms with Crippen molar-refractivity contribution in [1.82, 2.24) is 4.90 Å². The van der Waals surface area contributed by atoms with Crippen molar-refractivity contribution in [1.29, 1.82) is 0 Å². The first kappa shape index (κ1) is 12.5. The molecule has 1 aromatic carbocycles. The summed E-state index contributed by atoms with van der Waals surface area (Å²) in [5.41, 5.74) is 0. The number of carbonyl (C=O) groups excluding carboxylic acids is 1. The average Bonchev–Trinajstić information content (AvgIpc) is 2.26. The second-order valence-electron chi connectivity index (χ2n) is 3.69. The van der Waals surface area contributed by atoms with Gasteiger partial charge in [-0.25, -0.2) is 4.39 Å². The fourth-order valence-corrected chi connectivity index (χ4v) is 1.17. The SMILES string of the molecule is CN(C)C(=O)CCCOc1ccc(F)cc1. The Hall–Kier alpha value is -1.58. The normalized spacial score (nSPS) is 9.94. The molecule has 0 atom stereocenters. The van der Waals surface area contributed by atoms with Crippen molar-refractivity contribution in [3.63, 3.8) is 0 Å². The summed E-state index contributed by atoms with van der Waals surface area (Å²) in [4.78, 5) is 12.8. The Morgan fingerprint density at radius 1 is 1.31 bits per heavy atom. The van der Waals surface area contributed by atoms with Crippen LogP contribution in [0.4, 0.5) is 4.39 Å². The molecule has 0 N–H and O–H groups in total. The van der Waals surface area contributed by atoms with Crippen LogP contribution in [0, 0.1) is 5.82 Å². The fourth-order valence-electron chi connectivity index (χ4n) is 1.17. The van der Waals surface area contributed by atoms with Crippen LogP contribution in [0.5, 0.6) is 5.75 Å². The molecule has 0 radical (unpaired) electrons. The molecule has 0 aliphatic carbocycles. The van der Waals surface area contributed by atoms with E-state index < -0.39 is 0 Å². The Morgan fingerprint density at radius 3 is 2.50 bits per heavy atom. The quantitative estimate of drug-likeness (QED) is 0.718. The third-order valence-electron chi connectivity index (χ3n) is 2.12. The van der Waals surface area contributed by atoms with E-state index in [-0.39, 0.29) is 11.7 Å². The highest BCUT2D eigenvalue weighted by Crippen LogP contribution is 2.11. The zero-order chi connectivity index (χ0) is 12.0. The molecule has 0 saturated heterocycles. The summed E-state index contributed by atoms with van der Waals surface area (Å²) >= 11 is 0. The zero-order valence-electron chi connectivity index (χ0n) is 9.57.